The predicted octanol–water partition coefficient (Wildman–Crippen LogP) is 7.05. The fourth-order valence-corrected chi connectivity index (χ4v) is 3.44. The number of hydrogen-bond acceptors (Lipinski definition) is 3. The maximum Gasteiger partial charge on any atom is 0.426 e. The molecule has 32 heavy (non-hydrogen) atoms. The van der Waals surface area contributed by atoms with E-state index in [1.165, 1.54) is 0 Å². The van der Waals surface area contributed by atoms with Crippen LogP contribution in [-0.4, -0.2) is 18.8 Å². The Balaban J connectivity index is 1.60. The van der Waals surface area contributed by atoms with E-state index >= 15 is 0 Å². The smallest absolute Gasteiger partial charge is 0.426 e. The van der Waals surface area contributed by atoms with Crippen LogP contribution >= 0.6 is 0 Å². The van der Waals surface area contributed by atoms with Crippen LogP contribution in [0.4, 0.5) is 26.3 Å². The van der Waals surface area contributed by atoms with E-state index in [1.54, 1.807) is 0 Å². The second-order valence-electron chi connectivity index (χ2n) is 7.75. The lowest BCUT2D eigenvalue weighted by Crippen LogP contribution is -2.41. The number of unbranched alkanes of at least 4 members (excludes halogenated alkanes) is 1. The lowest BCUT2D eigenvalue weighted by molar-refractivity contribution is -0.241. The molecule has 3 rings (SSSR count). The second kappa shape index (κ2) is 10.0. The van der Waals surface area contributed by atoms with Crippen LogP contribution in [0.2, 0.25) is 0 Å². The standard InChI is InChI=1S/C23H24F6O3/c1-2-3-4-17-8-7-16(14-30-17)23(28,29)31-18-9-5-15(6-10-18)22(26,27)32-19-11-12-20(24)21(25)13-19/h5-6,9-13,16-17H,2-4,7-8,14H2,1H3. The van der Waals surface area contributed by atoms with Crippen LogP contribution in [0, 0.1) is 17.6 Å². The molecule has 0 radical (unpaired) electrons. The fraction of sp³-hybridized carbons (Fsp3) is 0.478. The lowest BCUT2D eigenvalue weighted by Gasteiger charge is -2.33. The van der Waals surface area contributed by atoms with Gasteiger partial charge in [0.2, 0.25) is 0 Å². The maximum absolute atomic E-state index is 14.5. The minimum absolute atomic E-state index is 0.0295. The Bertz CT molecular complexity index is 880. The first-order valence-electron chi connectivity index (χ1n) is 10.4. The van der Waals surface area contributed by atoms with Gasteiger partial charge in [0.15, 0.2) is 11.6 Å². The average molecular weight is 462 g/mol. The van der Waals surface area contributed by atoms with Gasteiger partial charge in [-0.3, -0.25) is 0 Å². The van der Waals surface area contributed by atoms with Gasteiger partial charge in [-0.25, -0.2) is 8.78 Å². The van der Waals surface area contributed by atoms with Crippen molar-refractivity contribution in [2.75, 3.05) is 6.61 Å². The van der Waals surface area contributed by atoms with Crippen LogP contribution in [0.15, 0.2) is 42.5 Å². The van der Waals surface area contributed by atoms with Crippen molar-refractivity contribution >= 4 is 0 Å². The Labute approximate surface area is 182 Å². The molecule has 2 unspecified atom stereocenters. The molecule has 0 aromatic heterocycles. The highest BCUT2D eigenvalue weighted by Gasteiger charge is 2.45. The van der Waals surface area contributed by atoms with E-state index in [4.69, 9.17) is 9.47 Å². The van der Waals surface area contributed by atoms with Crippen molar-refractivity contribution in [1.29, 1.82) is 0 Å². The van der Waals surface area contributed by atoms with Gasteiger partial charge in [0, 0.05) is 6.07 Å². The zero-order valence-electron chi connectivity index (χ0n) is 17.4. The summed E-state index contributed by atoms with van der Waals surface area (Å²) in [4.78, 5) is 0. The molecule has 1 aliphatic heterocycles. The van der Waals surface area contributed by atoms with Crippen molar-refractivity contribution in [3.8, 4) is 11.5 Å². The zero-order chi connectivity index (χ0) is 23.4. The van der Waals surface area contributed by atoms with E-state index in [0.29, 0.717) is 18.6 Å². The van der Waals surface area contributed by atoms with Crippen LogP contribution in [0.25, 0.3) is 0 Å². The monoisotopic (exact) mass is 462 g/mol. The van der Waals surface area contributed by atoms with E-state index in [9.17, 15) is 26.3 Å². The van der Waals surface area contributed by atoms with Crippen molar-refractivity contribution in [1.82, 2.24) is 0 Å². The molecule has 1 heterocycles. The van der Waals surface area contributed by atoms with Crippen LogP contribution < -0.4 is 9.47 Å². The Kier molecular flexibility index (Phi) is 7.59. The van der Waals surface area contributed by atoms with Gasteiger partial charge in [-0.1, -0.05) is 19.8 Å². The largest absolute Gasteiger partial charge is 0.432 e. The third kappa shape index (κ3) is 6.09. The van der Waals surface area contributed by atoms with Gasteiger partial charge in [0.25, 0.3) is 0 Å². The first-order chi connectivity index (χ1) is 15.1. The maximum atomic E-state index is 14.5. The fourth-order valence-electron chi connectivity index (χ4n) is 3.44. The first kappa shape index (κ1) is 24.2. The number of rotatable bonds is 9. The molecule has 0 saturated carbocycles. The summed E-state index contributed by atoms with van der Waals surface area (Å²) in [5.41, 5.74) is -0.669. The molecule has 176 valence electrons. The zero-order valence-corrected chi connectivity index (χ0v) is 17.4. The van der Waals surface area contributed by atoms with E-state index in [1.807, 2.05) is 6.92 Å². The number of ether oxygens (including phenoxy) is 3. The molecule has 0 aliphatic carbocycles. The Morgan fingerprint density at radius 1 is 0.906 bits per heavy atom. The van der Waals surface area contributed by atoms with E-state index in [-0.39, 0.29) is 24.9 Å². The highest BCUT2D eigenvalue weighted by molar-refractivity contribution is 5.31. The third-order valence-electron chi connectivity index (χ3n) is 5.31. The Hall–Kier alpha value is -2.42. The SMILES string of the molecule is CCCCC1CCC(C(F)(F)Oc2ccc(C(F)(F)Oc3ccc(F)c(F)c3)cc2)CO1. The van der Waals surface area contributed by atoms with Gasteiger partial charge in [0.1, 0.15) is 11.5 Å². The molecular weight excluding hydrogens is 438 g/mol. The van der Waals surface area contributed by atoms with Crippen LogP contribution in [0.1, 0.15) is 44.6 Å². The summed E-state index contributed by atoms with van der Waals surface area (Å²) in [6, 6.07) is 5.66. The molecule has 2 atom stereocenters. The molecule has 0 bridgehead atoms. The van der Waals surface area contributed by atoms with Gasteiger partial charge < -0.3 is 14.2 Å². The molecule has 2 aromatic carbocycles. The Morgan fingerprint density at radius 2 is 1.59 bits per heavy atom. The number of alkyl halides is 4. The van der Waals surface area contributed by atoms with Crippen LogP contribution in [-0.2, 0) is 10.8 Å². The summed E-state index contributed by atoms with van der Waals surface area (Å²) in [6.45, 7) is 1.91. The average Bonchev–Trinajstić information content (AvgIpc) is 2.75. The van der Waals surface area contributed by atoms with E-state index in [2.05, 4.69) is 4.74 Å². The van der Waals surface area contributed by atoms with Crippen molar-refractivity contribution in [3.63, 3.8) is 0 Å². The molecule has 1 saturated heterocycles. The van der Waals surface area contributed by atoms with Crippen LogP contribution in [0.5, 0.6) is 11.5 Å². The van der Waals surface area contributed by atoms with Gasteiger partial charge in [-0.05, 0) is 55.7 Å². The molecule has 9 heteroatoms. The van der Waals surface area contributed by atoms with Crippen LogP contribution in [0.3, 0.4) is 0 Å². The number of benzene rings is 2. The first-order valence-corrected chi connectivity index (χ1v) is 10.4. The molecule has 1 fully saturated rings. The summed E-state index contributed by atoms with van der Waals surface area (Å²) in [6.07, 6.45) is -3.91. The summed E-state index contributed by atoms with van der Waals surface area (Å²) in [7, 11) is 0. The van der Waals surface area contributed by atoms with E-state index in [0.717, 1.165) is 49.6 Å². The minimum Gasteiger partial charge on any atom is -0.432 e. The van der Waals surface area contributed by atoms with Crippen molar-refractivity contribution in [3.05, 3.63) is 59.7 Å². The summed E-state index contributed by atoms with van der Waals surface area (Å²) < 4.78 is 98.6. The van der Waals surface area contributed by atoms with Gasteiger partial charge in [-0.2, -0.15) is 17.6 Å². The van der Waals surface area contributed by atoms with Crippen molar-refractivity contribution in [2.45, 2.75) is 57.3 Å². The number of hydrogen-bond donors (Lipinski definition) is 0. The van der Waals surface area contributed by atoms with Gasteiger partial charge in [0.05, 0.1) is 24.2 Å². The molecule has 3 nitrogen and oxygen atoms in total. The number of halogens is 6. The molecule has 1 aliphatic rings. The highest BCUT2D eigenvalue weighted by atomic mass is 19.3. The van der Waals surface area contributed by atoms with Gasteiger partial charge >= 0.3 is 12.2 Å². The molecule has 0 amide bonds. The molecule has 2 aromatic rings. The topological polar surface area (TPSA) is 27.7 Å². The predicted molar refractivity (Wildman–Crippen MR) is 105 cm³/mol. The van der Waals surface area contributed by atoms with E-state index < -0.39 is 41.1 Å². The van der Waals surface area contributed by atoms with Gasteiger partial charge in [-0.15, -0.1) is 0 Å². The summed E-state index contributed by atoms with van der Waals surface area (Å²) >= 11 is 0. The molecule has 0 spiro atoms. The summed E-state index contributed by atoms with van der Waals surface area (Å²) in [5, 5.41) is 0. The molecular formula is C23H24F6O3. The second-order valence-corrected chi connectivity index (χ2v) is 7.75. The summed E-state index contributed by atoms with van der Waals surface area (Å²) in [5.74, 6) is -4.57. The van der Waals surface area contributed by atoms with Crippen molar-refractivity contribution < 1.29 is 40.6 Å². The Morgan fingerprint density at radius 3 is 2.19 bits per heavy atom. The highest BCUT2D eigenvalue weighted by Crippen LogP contribution is 2.37. The van der Waals surface area contributed by atoms with Crippen molar-refractivity contribution in [2.24, 2.45) is 5.92 Å². The normalized spacial score (nSPS) is 19.6. The lowest BCUT2D eigenvalue weighted by atomic mass is 9.95. The minimum atomic E-state index is -3.91. The third-order valence-corrected chi connectivity index (χ3v) is 5.31. The quantitative estimate of drug-likeness (QED) is 0.374. The molecule has 0 N–H and O–H groups in total.